The van der Waals surface area contributed by atoms with E-state index < -0.39 is 308 Å². The molecule has 6 heterocycles. The highest BCUT2D eigenvalue weighted by Gasteiger charge is 2.64. The number of aliphatic carboxylic acids is 2. The molecule has 3 amide bonds. The lowest BCUT2D eigenvalue weighted by molar-refractivity contribution is -0.408. The molecule has 0 aromatic rings. The maximum Gasteiger partial charge on any atom is 0.364 e. The van der Waals surface area contributed by atoms with E-state index in [1.165, 1.54) is 147 Å². The molecule has 6 fully saturated rings. The first-order valence-corrected chi connectivity index (χ1v) is 48.9. The highest BCUT2D eigenvalue weighted by molar-refractivity contribution is 5.78. The van der Waals surface area contributed by atoms with Crippen molar-refractivity contribution in [2.24, 2.45) is 5.92 Å². The Hall–Kier alpha value is -4.48. The van der Waals surface area contributed by atoms with Crippen LogP contribution in [0.1, 0.15) is 279 Å². The van der Waals surface area contributed by atoms with Crippen molar-refractivity contribution in [2.45, 2.75) is 480 Å². The van der Waals surface area contributed by atoms with Crippen molar-refractivity contribution in [2.75, 3.05) is 46.2 Å². The second-order valence-electron chi connectivity index (χ2n) is 37.1. The number of hydrogen-bond acceptors (Lipinski definition) is 37. The molecule has 6 saturated heterocycles. The van der Waals surface area contributed by atoms with E-state index in [4.69, 9.17) is 56.8 Å². The summed E-state index contributed by atoms with van der Waals surface area (Å²) in [4.78, 5) is 79.9. The van der Waals surface area contributed by atoms with E-state index >= 15 is 0 Å². The van der Waals surface area contributed by atoms with Crippen LogP contribution in [0.5, 0.6) is 0 Å². The number of aliphatic hydroxyl groups excluding tert-OH is 19. The number of ether oxygens (including phenoxy) is 12. The molecule has 0 aromatic carbocycles. The summed E-state index contributed by atoms with van der Waals surface area (Å²) in [6.45, 7) is -0.583. The first-order valence-electron chi connectivity index (χ1n) is 48.9. The first-order chi connectivity index (χ1) is 64.1. The number of carboxylic acid groups (broad SMARTS) is 2. The Balaban J connectivity index is 1.25. The van der Waals surface area contributed by atoms with E-state index in [9.17, 15) is 136 Å². The van der Waals surface area contributed by atoms with Gasteiger partial charge >= 0.3 is 11.9 Å². The molecule has 24 N–H and O–H groups in total. The lowest BCUT2D eigenvalue weighted by atomic mass is 9.86. The van der Waals surface area contributed by atoms with Crippen LogP contribution in [0.4, 0.5) is 0 Å². The molecule has 6 rings (SSSR count). The number of Topliss-reactive ketones (excluding diaryl/α,β-unsaturated/α-hetero) is 1. The number of allylic oxidation sites excluding steroid dienone is 1. The van der Waals surface area contributed by atoms with E-state index in [-0.39, 0.29) is 6.42 Å². The molecule has 42 nitrogen and oxygen atoms in total. The van der Waals surface area contributed by atoms with Crippen molar-refractivity contribution in [3.05, 3.63) is 12.2 Å². The minimum atomic E-state index is -3.49. The molecule has 0 spiro atoms. The summed E-state index contributed by atoms with van der Waals surface area (Å²) in [5.41, 5.74) is 0. The van der Waals surface area contributed by atoms with Crippen molar-refractivity contribution in [1.29, 1.82) is 0 Å². The normalized spacial score (nSPS) is 33.9. The first kappa shape index (κ1) is 118. The fourth-order valence-electron chi connectivity index (χ4n) is 18.4. The van der Waals surface area contributed by atoms with Gasteiger partial charge in [-0.15, -0.1) is 0 Å². The van der Waals surface area contributed by atoms with Gasteiger partial charge in [0.15, 0.2) is 25.2 Å². The summed E-state index contributed by atoms with van der Waals surface area (Å²) < 4.78 is 72.9. The van der Waals surface area contributed by atoms with Gasteiger partial charge in [-0.05, 0) is 26.2 Å². The quantitative estimate of drug-likeness (QED) is 0.0280. The van der Waals surface area contributed by atoms with Crippen LogP contribution in [0, 0.1) is 5.92 Å². The number of ketones is 1. The maximum atomic E-state index is 14.1. The van der Waals surface area contributed by atoms with E-state index in [2.05, 4.69) is 29.8 Å². The number of rotatable bonds is 67. The van der Waals surface area contributed by atoms with Crippen LogP contribution >= 0.6 is 0 Å². The largest absolute Gasteiger partial charge is 0.477 e. The van der Waals surface area contributed by atoms with Gasteiger partial charge in [0.25, 0.3) is 11.6 Å². The zero-order valence-electron chi connectivity index (χ0n) is 78.7. The molecule has 0 aromatic heterocycles. The molecule has 6 aliphatic heterocycles. The average molecular weight is 1940 g/mol. The van der Waals surface area contributed by atoms with Crippen LogP contribution < -0.4 is 16.0 Å². The zero-order valence-corrected chi connectivity index (χ0v) is 78.7. The second-order valence-corrected chi connectivity index (χ2v) is 37.1. The van der Waals surface area contributed by atoms with Crippen LogP contribution in [0.15, 0.2) is 12.2 Å². The molecule has 2 unspecified atom stereocenters. The van der Waals surface area contributed by atoms with Gasteiger partial charge in [-0.25, -0.2) is 9.59 Å². The number of carbonyl (C=O) groups excluding carboxylic acids is 4. The molecule has 42 heteroatoms. The SMILES string of the molecule is CCCCCCCCCCCCCC=C[C@@H](O)[C@H](CO[C@@H]1O[C@H](CO)[C@@H](O[C@@H]2O[C@H](CO)[C@H](O[C@@H]3O[C@H](CO)[C@H](O)[C@H](O[C@@H]4O[C@H](CO)[C@H](O)[C@H](O[C@]5(C(=O)O)C[C@H](O)[C@@H](NC(C)=O)C([C@H](O)[C@H](O)CO)O5)[C@H]4O)[C@H]3CC(C)=O)[C@H](O[C@]3(C(=O)O)C[C@H](O)[C@@H](NC(C)=O)C([C@H](O)[C@H](O)CO)O3)[C@H]2O)[C@H](O)[C@H]1O)NC(=O)CCCCCCCCCCCCCCCCCCCCCCCC. The molecular weight excluding hydrogens is 1770 g/mol. The third kappa shape index (κ3) is 36.2. The van der Waals surface area contributed by atoms with E-state index in [0.29, 0.717) is 12.8 Å². The van der Waals surface area contributed by atoms with E-state index in [0.717, 1.165) is 85.0 Å². The molecular formula is C92H163N3O39. The topological polar surface area (TPSA) is 674 Å². The lowest BCUT2D eigenvalue weighted by Gasteiger charge is -2.53. The molecule has 780 valence electrons. The van der Waals surface area contributed by atoms with Crippen LogP contribution in [-0.4, -0.2) is 390 Å². The number of amides is 3. The summed E-state index contributed by atoms with van der Waals surface area (Å²) in [7, 11) is 0. The van der Waals surface area contributed by atoms with Crippen molar-refractivity contribution in [3.8, 4) is 0 Å². The lowest BCUT2D eigenvalue weighted by Crippen LogP contribution is -2.71. The van der Waals surface area contributed by atoms with Crippen LogP contribution in [-0.2, 0) is 85.6 Å². The third-order valence-corrected chi connectivity index (χ3v) is 26.1. The Morgan fingerprint density at radius 2 is 0.769 bits per heavy atom. The van der Waals surface area contributed by atoms with Crippen molar-refractivity contribution in [3.63, 3.8) is 0 Å². The highest BCUT2D eigenvalue weighted by atomic mass is 16.8. The Morgan fingerprint density at radius 3 is 1.17 bits per heavy atom. The molecule has 0 saturated carbocycles. The third-order valence-electron chi connectivity index (χ3n) is 26.1. The van der Waals surface area contributed by atoms with Crippen molar-refractivity contribution in [1.82, 2.24) is 16.0 Å². The Kier molecular flexibility index (Phi) is 54.7. The Bertz CT molecular complexity index is 3330. The molecule has 0 bridgehead atoms. The number of aliphatic hydroxyl groups is 19. The van der Waals surface area contributed by atoms with Gasteiger partial charge < -0.3 is 185 Å². The van der Waals surface area contributed by atoms with Crippen LogP contribution in [0.2, 0.25) is 0 Å². The highest BCUT2D eigenvalue weighted by Crippen LogP contribution is 2.45. The Labute approximate surface area is 785 Å². The van der Waals surface area contributed by atoms with Crippen LogP contribution in [0.3, 0.4) is 0 Å². The van der Waals surface area contributed by atoms with Crippen LogP contribution in [0.25, 0.3) is 0 Å². The van der Waals surface area contributed by atoms with Gasteiger partial charge in [-0.3, -0.25) is 14.4 Å². The second kappa shape index (κ2) is 62.1. The number of unbranched alkanes of at least 4 members (excludes halogenated alkanes) is 32. The smallest absolute Gasteiger partial charge is 0.364 e. The predicted molar refractivity (Wildman–Crippen MR) is 473 cm³/mol. The number of carboxylic acids is 2. The summed E-state index contributed by atoms with van der Waals surface area (Å²) in [6.07, 6.45) is -22.7. The molecule has 134 heavy (non-hydrogen) atoms. The number of nitrogens with one attached hydrogen (secondary N) is 3. The predicted octanol–water partition coefficient (Wildman–Crippen LogP) is -0.0473. The van der Waals surface area contributed by atoms with E-state index in [1.807, 2.05) is 0 Å². The Morgan fingerprint density at radius 1 is 0.410 bits per heavy atom. The maximum absolute atomic E-state index is 14.1. The van der Waals surface area contributed by atoms with Crippen molar-refractivity contribution < 1.29 is 193 Å². The minimum absolute atomic E-state index is 0.0988. The van der Waals surface area contributed by atoms with Gasteiger partial charge in [0.1, 0.15) is 128 Å². The molecule has 6 aliphatic rings. The zero-order chi connectivity index (χ0) is 98.8. The van der Waals surface area contributed by atoms with Gasteiger partial charge in [-0.2, -0.15) is 0 Å². The number of carbonyl (C=O) groups is 6. The van der Waals surface area contributed by atoms with Gasteiger partial charge in [0.05, 0.1) is 88.8 Å². The standard InChI is InChI=1S/C92H163N3O39/c1-6-8-10-12-14-16-18-20-21-22-23-24-25-26-27-28-30-32-34-36-38-40-42-67(110)95-57(58(105)41-39-37-35-33-31-29-19-17-15-13-11-9-7-2)52-123-86-75(116)74(115)79(65(50-100)126-86)129-88-77(118)84(134-92(90(121)122)45-60(107)69(94-55(5)104)82(132-92)71(112)62(109)47-97)80(66(51-101)127-88)130-85-56(43-53(3)102)78(72(113)63(48-98)124-85)128-87-76(117)83(73(114)64(49-99)125-87)133-91(89(119)120)44-59(106)68(93-54(4)103)81(131-91)70(111)61(108)46-96/h39,41,56-66,68-88,96-101,105-109,111-118H,6-38,40,42-52H2,1-5H3,(H,93,103)(H,94,104)(H,95,110)(H,119,120)(H,121,122)/t56-,57+,58-,59+,60+,61-,62-,63-,64-,65-,66-,68-,69-,70-,71-,72+,73+,74-,75-,76-,77-,78-,79-,80+,81?,82?,83+,84-,85+,86-,87+,88+,91+,92+/m1/s1. The van der Waals surface area contributed by atoms with Gasteiger partial charge in [0, 0.05) is 45.4 Å². The van der Waals surface area contributed by atoms with Gasteiger partial charge in [-0.1, -0.05) is 225 Å². The molecule has 34 atom stereocenters. The summed E-state index contributed by atoms with van der Waals surface area (Å²) in [5, 5.41) is 246. The van der Waals surface area contributed by atoms with Crippen molar-refractivity contribution >= 4 is 35.4 Å². The summed E-state index contributed by atoms with van der Waals surface area (Å²) >= 11 is 0. The monoisotopic (exact) mass is 1930 g/mol. The molecule has 0 radical (unpaired) electrons. The van der Waals surface area contributed by atoms with E-state index in [1.54, 1.807) is 6.08 Å². The number of hydrogen-bond donors (Lipinski definition) is 24. The fourth-order valence-corrected chi connectivity index (χ4v) is 18.4. The minimum Gasteiger partial charge on any atom is -0.477 e. The molecule has 0 aliphatic carbocycles. The summed E-state index contributed by atoms with van der Waals surface area (Å²) in [6, 6.07) is -4.77. The summed E-state index contributed by atoms with van der Waals surface area (Å²) in [5.74, 6) is -16.1. The van der Waals surface area contributed by atoms with Gasteiger partial charge in [0.2, 0.25) is 17.7 Å². The average Bonchev–Trinajstić information content (AvgIpc) is 0.748. The fraction of sp³-hybridized carbons (Fsp3) is 0.913.